The zero-order chi connectivity index (χ0) is 15.4. The molecule has 0 bridgehead atoms. The molecule has 1 aliphatic carbocycles. The van der Waals surface area contributed by atoms with Crippen LogP contribution in [-0.4, -0.2) is 19.1 Å². The maximum absolute atomic E-state index is 13.6. The average Bonchev–Trinajstić information content (AvgIpc) is 3.20. The number of benzene rings is 1. The van der Waals surface area contributed by atoms with Crippen molar-refractivity contribution in [1.29, 1.82) is 0 Å². The van der Waals surface area contributed by atoms with E-state index in [1.807, 2.05) is 6.07 Å². The highest BCUT2D eigenvalue weighted by atomic mass is 19.1. The maximum atomic E-state index is 13.6. The van der Waals surface area contributed by atoms with Crippen LogP contribution in [0.5, 0.6) is 0 Å². The Morgan fingerprint density at radius 1 is 1.24 bits per heavy atom. The van der Waals surface area contributed by atoms with Crippen LogP contribution in [0.3, 0.4) is 0 Å². The van der Waals surface area contributed by atoms with Gasteiger partial charge >= 0.3 is 0 Å². The van der Waals surface area contributed by atoms with Crippen LogP contribution in [0.1, 0.15) is 46.1 Å². The van der Waals surface area contributed by atoms with Gasteiger partial charge < -0.3 is 10.2 Å². The lowest BCUT2D eigenvalue weighted by Gasteiger charge is -2.31. The lowest BCUT2D eigenvalue weighted by atomic mass is 10.1. The van der Waals surface area contributed by atoms with Crippen LogP contribution in [0.15, 0.2) is 18.2 Å². The molecule has 1 N–H and O–H groups in total. The molecular weight excluding hydrogens is 263 g/mol. The molecule has 0 radical (unpaired) electrons. The molecular formula is C18H29FN2. The van der Waals surface area contributed by atoms with Crippen LogP contribution in [0, 0.1) is 17.7 Å². The summed E-state index contributed by atoms with van der Waals surface area (Å²) in [5.41, 5.74) is 2.26. The van der Waals surface area contributed by atoms with Crippen LogP contribution >= 0.6 is 0 Å². The Morgan fingerprint density at radius 2 is 1.95 bits per heavy atom. The average molecular weight is 292 g/mol. The number of halogens is 1. The molecule has 1 aromatic carbocycles. The van der Waals surface area contributed by atoms with Gasteiger partial charge in [0.2, 0.25) is 0 Å². The minimum atomic E-state index is -0.143. The van der Waals surface area contributed by atoms with Crippen LogP contribution in [0.2, 0.25) is 0 Å². The number of rotatable bonds is 8. The molecule has 0 saturated heterocycles. The first-order valence-electron chi connectivity index (χ1n) is 8.23. The fourth-order valence-electron chi connectivity index (χ4n) is 2.64. The molecule has 1 saturated carbocycles. The van der Waals surface area contributed by atoms with E-state index < -0.39 is 0 Å². The zero-order valence-electron chi connectivity index (χ0n) is 13.8. The number of nitrogens with zero attached hydrogens (tertiary/aromatic N) is 1. The van der Waals surface area contributed by atoms with Crippen LogP contribution in [0.25, 0.3) is 0 Å². The summed E-state index contributed by atoms with van der Waals surface area (Å²) >= 11 is 0. The number of hydrogen-bond acceptors (Lipinski definition) is 2. The monoisotopic (exact) mass is 292 g/mol. The third kappa shape index (κ3) is 4.99. The topological polar surface area (TPSA) is 15.3 Å². The fourth-order valence-corrected chi connectivity index (χ4v) is 2.64. The first kappa shape index (κ1) is 16.3. The van der Waals surface area contributed by atoms with Gasteiger partial charge in [0.25, 0.3) is 0 Å². The van der Waals surface area contributed by atoms with Crippen molar-refractivity contribution in [3.05, 3.63) is 29.6 Å². The Balaban J connectivity index is 2.14. The SMILES string of the molecule is CC(C)CNCc1cc(F)ccc1N(CC1CC1)C(C)C. The second kappa shape index (κ2) is 7.26. The van der Waals surface area contributed by atoms with Gasteiger partial charge in [0.05, 0.1) is 0 Å². The zero-order valence-corrected chi connectivity index (χ0v) is 13.8. The first-order chi connectivity index (χ1) is 9.97. The van der Waals surface area contributed by atoms with Crippen molar-refractivity contribution in [1.82, 2.24) is 5.32 Å². The maximum Gasteiger partial charge on any atom is 0.123 e. The molecule has 1 aliphatic rings. The summed E-state index contributed by atoms with van der Waals surface area (Å²) in [4.78, 5) is 2.43. The van der Waals surface area contributed by atoms with Gasteiger partial charge in [-0.2, -0.15) is 0 Å². The van der Waals surface area contributed by atoms with Gasteiger partial charge in [-0.25, -0.2) is 4.39 Å². The number of nitrogens with one attached hydrogen (secondary N) is 1. The van der Waals surface area contributed by atoms with Crippen molar-refractivity contribution < 1.29 is 4.39 Å². The van der Waals surface area contributed by atoms with Crippen molar-refractivity contribution in [2.45, 2.75) is 53.1 Å². The summed E-state index contributed by atoms with van der Waals surface area (Å²) in [6.07, 6.45) is 2.68. The second-order valence-electron chi connectivity index (χ2n) is 6.99. The van der Waals surface area contributed by atoms with Crippen molar-refractivity contribution in [2.24, 2.45) is 11.8 Å². The molecule has 2 nitrogen and oxygen atoms in total. The summed E-state index contributed by atoms with van der Waals surface area (Å²) in [5, 5.41) is 3.44. The third-order valence-electron chi connectivity index (χ3n) is 3.99. The predicted molar refractivity (Wildman–Crippen MR) is 88.2 cm³/mol. The van der Waals surface area contributed by atoms with Crippen LogP contribution < -0.4 is 10.2 Å². The molecule has 118 valence electrons. The Kier molecular flexibility index (Phi) is 5.63. The van der Waals surface area contributed by atoms with Gasteiger partial charge in [-0.05, 0) is 68.8 Å². The minimum absolute atomic E-state index is 0.143. The van der Waals surface area contributed by atoms with E-state index in [0.717, 1.165) is 31.1 Å². The molecule has 0 amide bonds. The number of anilines is 1. The quantitative estimate of drug-likeness (QED) is 0.772. The predicted octanol–water partition coefficient (Wildman–Crippen LogP) is 4.20. The summed E-state index contributed by atoms with van der Waals surface area (Å²) in [6, 6.07) is 5.67. The fraction of sp³-hybridized carbons (Fsp3) is 0.667. The van der Waals surface area contributed by atoms with Gasteiger partial charge in [-0.1, -0.05) is 13.8 Å². The summed E-state index contributed by atoms with van der Waals surface area (Å²) < 4.78 is 13.6. The standard InChI is InChI=1S/C18H29FN2/c1-13(2)10-20-11-16-9-17(19)7-8-18(16)21(14(3)4)12-15-5-6-15/h7-9,13-15,20H,5-6,10-12H2,1-4H3. The van der Waals surface area contributed by atoms with E-state index in [1.54, 1.807) is 12.1 Å². The van der Waals surface area contributed by atoms with Crippen molar-refractivity contribution in [3.63, 3.8) is 0 Å². The Hall–Kier alpha value is -1.09. The summed E-state index contributed by atoms with van der Waals surface area (Å²) in [7, 11) is 0. The summed E-state index contributed by atoms with van der Waals surface area (Å²) in [5.74, 6) is 1.29. The molecule has 0 heterocycles. The van der Waals surface area contributed by atoms with Gasteiger partial charge in [-0.3, -0.25) is 0 Å². The highest BCUT2D eigenvalue weighted by Crippen LogP contribution is 2.33. The third-order valence-corrected chi connectivity index (χ3v) is 3.99. The smallest absolute Gasteiger partial charge is 0.123 e. The Morgan fingerprint density at radius 3 is 2.52 bits per heavy atom. The Labute approximate surface area is 128 Å². The van der Waals surface area contributed by atoms with Gasteiger partial charge in [0.1, 0.15) is 5.82 Å². The van der Waals surface area contributed by atoms with Crippen molar-refractivity contribution in [3.8, 4) is 0 Å². The normalized spacial score (nSPS) is 15.0. The number of hydrogen-bond donors (Lipinski definition) is 1. The van der Waals surface area contributed by atoms with Crippen LogP contribution in [-0.2, 0) is 6.54 Å². The van der Waals surface area contributed by atoms with E-state index >= 15 is 0 Å². The van der Waals surface area contributed by atoms with Gasteiger partial charge in [0, 0.05) is 24.8 Å². The first-order valence-corrected chi connectivity index (χ1v) is 8.23. The molecule has 1 aromatic rings. The lowest BCUT2D eigenvalue weighted by molar-refractivity contribution is 0.547. The molecule has 0 atom stereocenters. The highest BCUT2D eigenvalue weighted by Gasteiger charge is 2.26. The Bertz CT molecular complexity index is 453. The molecule has 21 heavy (non-hydrogen) atoms. The molecule has 1 fully saturated rings. The molecule has 0 aromatic heterocycles. The molecule has 2 rings (SSSR count). The van der Waals surface area contributed by atoms with Crippen molar-refractivity contribution in [2.75, 3.05) is 18.0 Å². The molecule has 0 unspecified atom stereocenters. The second-order valence-corrected chi connectivity index (χ2v) is 6.99. The minimum Gasteiger partial charge on any atom is -0.369 e. The van der Waals surface area contributed by atoms with Crippen molar-refractivity contribution >= 4 is 5.69 Å². The van der Waals surface area contributed by atoms with E-state index in [2.05, 4.69) is 37.9 Å². The largest absolute Gasteiger partial charge is 0.369 e. The molecule has 0 spiro atoms. The van der Waals surface area contributed by atoms with E-state index in [9.17, 15) is 4.39 Å². The molecule has 3 heteroatoms. The lowest BCUT2D eigenvalue weighted by Crippen LogP contribution is -2.34. The van der Waals surface area contributed by atoms with E-state index in [1.165, 1.54) is 18.5 Å². The van der Waals surface area contributed by atoms with Gasteiger partial charge in [-0.15, -0.1) is 0 Å². The highest BCUT2D eigenvalue weighted by molar-refractivity contribution is 5.54. The van der Waals surface area contributed by atoms with E-state index in [4.69, 9.17) is 0 Å². The van der Waals surface area contributed by atoms with Gasteiger partial charge in [0.15, 0.2) is 0 Å². The van der Waals surface area contributed by atoms with E-state index in [-0.39, 0.29) is 5.82 Å². The molecule has 0 aliphatic heterocycles. The van der Waals surface area contributed by atoms with Crippen LogP contribution in [0.4, 0.5) is 10.1 Å². The van der Waals surface area contributed by atoms with E-state index in [0.29, 0.717) is 12.0 Å². The summed E-state index contributed by atoms with van der Waals surface area (Å²) in [6.45, 7) is 11.6.